The van der Waals surface area contributed by atoms with Gasteiger partial charge in [0.05, 0.1) is 7.11 Å². The first kappa shape index (κ1) is 17.0. The second-order valence-electron chi connectivity index (χ2n) is 4.97. The number of benzene rings is 1. The molecule has 0 saturated heterocycles. The standard InChI is InChI=1S/C16H24N2O3/c1-4-12(2)18-16(20)11-15(19)17-10-9-13-7-5-6-8-14(13)21-3/h5-8,12H,4,9-11H2,1-3H3,(H,17,19)(H,18,20). The summed E-state index contributed by atoms with van der Waals surface area (Å²) in [6.07, 6.45) is 1.39. The van der Waals surface area contributed by atoms with Crippen LogP contribution >= 0.6 is 0 Å². The van der Waals surface area contributed by atoms with Crippen LogP contribution in [0.3, 0.4) is 0 Å². The van der Waals surface area contributed by atoms with Gasteiger partial charge in [0.2, 0.25) is 11.8 Å². The van der Waals surface area contributed by atoms with E-state index >= 15 is 0 Å². The fourth-order valence-corrected chi connectivity index (χ4v) is 1.88. The highest BCUT2D eigenvalue weighted by Crippen LogP contribution is 2.17. The Balaban J connectivity index is 2.32. The Bertz CT molecular complexity index is 474. The molecule has 0 fully saturated rings. The molecule has 1 rings (SSSR count). The molecule has 1 aromatic carbocycles. The van der Waals surface area contributed by atoms with Crippen LogP contribution in [0.4, 0.5) is 0 Å². The Kier molecular flexibility index (Phi) is 7.29. The van der Waals surface area contributed by atoms with E-state index in [2.05, 4.69) is 10.6 Å². The first-order valence-corrected chi connectivity index (χ1v) is 7.24. The third-order valence-corrected chi connectivity index (χ3v) is 3.25. The largest absolute Gasteiger partial charge is 0.496 e. The van der Waals surface area contributed by atoms with Gasteiger partial charge in [-0.1, -0.05) is 25.1 Å². The molecule has 0 radical (unpaired) electrons. The summed E-state index contributed by atoms with van der Waals surface area (Å²) in [4.78, 5) is 23.2. The van der Waals surface area contributed by atoms with E-state index in [-0.39, 0.29) is 24.3 Å². The Morgan fingerprint density at radius 1 is 1.24 bits per heavy atom. The number of para-hydroxylation sites is 1. The summed E-state index contributed by atoms with van der Waals surface area (Å²) in [6.45, 7) is 4.38. The van der Waals surface area contributed by atoms with Crippen molar-refractivity contribution in [2.24, 2.45) is 0 Å². The van der Waals surface area contributed by atoms with Gasteiger partial charge in [0.15, 0.2) is 0 Å². The smallest absolute Gasteiger partial charge is 0.229 e. The maximum absolute atomic E-state index is 11.7. The second kappa shape index (κ2) is 9.00. The molecule has 2 N–H and O–H groups in total. The van der Waals surface area contributed by atoms with Crippen molar-refractivity contribution >= 4 is 11.8 Å². The summed E-state index contributed by atoms with van der Waals surface area (Å²) in [5.41, 5.74) is 1.03. The molecule has 5 nitrogen and oxygen atoms in total. The monoisotopic (exact) mass is 292 g/mol. The number of methoxy groups -OCH3 is 1. The van der Waals surface area contributed by atoms with Crippen molar-refractivity contribution in [2.45, 2.75) is 39.2 Å². The van der Waals surface area contributed by atoms with Gasteiger partial charge in [-0.3, -0.25) is 9.59 Å². The van der Waals surface area contributed by atoms with Crippen LogP contribution in [0.2, 0.25) is 0 Å². The van der Waals surface area contributed by atoms with E-state index in [1.165, 1.54) is 0 Å². The SMILES string of the molecule is CCC(C)NC(=O)CC(=O)NCCc1ccccc1OC. The van der Waals surface area contributed by atoms with E-state index < -0.39 is 0 Å². The average molecular weight is 292 g/mol. The molecule has 1 unspecified atom stereocenters. The van der Waals surface area contributed by atoms with Crippen molar-refractivity contribution in [1.82, 2.24) is 10.6 Å². The Morgan fingerprint density at radius 3 is 2.62 bits per heavy atom. The molecular weight excluding hydrogens is 268 g/mol. The van der Waals surface area contributed by atoms with Gasteiger partial charge < -0.3 is 15.4 Å². The van der Waals surface area contributed by atoms with Gasteiger partial charge >= 0.3 is 0 Å². The first-order valence-electron chi connectivity index (χ1n) is 7.24. The molecule has 5 heteroatoms. The number of carbonyl (C=O) groups is 2. The number of amides is 2. The van der Waals surface area contributed by atoms with Crippen LogP contribution in [0.1, 0.15) is 32.3 Å². The summed E-state index contributed by atoms with van der Waals surface area (Å²) in [7, 11) is 1.62. The van der Waals surface area contributed by atoms with Crippen LogP contribution in [0.25, 0.3) is 0 Å². The molecule has 0 aliphatic heterocycles. The van der Waals surface area contributed by atoms with Crippen LogP contribution in [-0.2, 0) is 16.0 Å². The fraction of sp³-hybridized carbons (Fsp3) is 0.500. The maximum Gasteiger partial charge on any atom is 0.229 e. The highest BCUT2D eigenvalue weighted by molar-refractivity contribution is 5.96. The van der Waals surface area contributed by atoms with E-state index in [1.807, 2.05) is 38.1 Å². The Morgan fingerprint density at radius 2 is 1.95 bits per heavy atom. The van der Waals surface area contributed by atoms with Gasteiger partial charge in [0.25, 0.3) is 0 Å². The minimum atomic E-state index is -0.259. The summed E-state index contributed by atoms with van der Waals surface area (Å²) in [6, 6.07) is 7.77. The van der Waals surface area contributed by atoms with Crippen molar-refractivity contribution in [1.29, 1.82) is 0 Å². The van der Waals surface area contributed by atoms with Crippen molar-refractivity contribution in [3.63, 3.8) is 0 Å². The predicted octanol–water partition coefficient (Wildman–Crippen LogP) is 1.66. The van der Waals surface area contributed by atoms with Crippen LogP contribution in [-0.4, -0.2) is 31.5 Å². The van der Waals surface area contributed by atoms with Gasteiger partial charge in [0, 0.05) is 12.6 Å². The quantitative estimate of drug-likeness (QED) is 0.716. The van der Waals surface area contributed by atoms with Crippen LogP contribution < -0.4 is 15.4 Å². The van der Waals surface area contributed by atoms with E-state index in [9.17, 15) is 9.59 Å². The molecular formula is C16H24N2O3. The normalized spacial score (nSPS) is 11.6. The molecule has 0 heterocycles. The summed E-state index contributed by atoms with van der Waals surface area (Å²) < 4.78 is 5.25. The minimum Gasteiger partial charge on any atom is -0.496 e. The van der Waals surface area contributed by atoms with Gasteiger partial charge in [-0.2, -0.15) is 0 Å². The molecule has 1 aromatic rings. The maximum atomic E-state index is 11.7. The highest BCUT2D eigenvalue weighted by Gasteiger charge is 2.11. The highest BCUT2D eigenvalue weighted by atomic mass is 16.5. The molecule has 116 valence electrons. The lowest BCUT2D eigenvalue weighted by Crippen LogP contribution is -2.36. The average Bonchev–Trinajstić information content (AvgIpc) is 2.47. The predicted molar refractivity (Wildman–Crippen MR) is 82.2 cm³/mol. The fourth-order valence-electron chi connectivity index (χ4n) is 1.88. The van der Waals surface area contributed by atoms with Crippen LogP contribution in [0.5, 0.6) is 5.75 Å². The van der Waals surface area contributed by atoms with Crippen molar-refractivity contribution in [2.75, 3.05) is 13.7 Å². The van der Waals surface area contributed by atoms with E-state index in [1.54, 1.807) is 7.11 Å². The zero-order chi connectivity index (χ0) is 15.7. The number of hydrogen-bond acceptors (Lipinski definition) is 3. The van der Waals surface area contributed by atoms with E-state index in [0.717, 1.165) is 17.7 Å². The van der Waals surface area contributed by atoms with Gasteiger partial charge in [-0.25, -0.2) is 0 Å². The minimum absolute atomic E-state index is 0.0962. The lowest BCUT2D eigenvalue weighted by Gasteiger charge is -2.11. The van der Waals surface area contributed by atoms with E-state index in [0.29, 0.717) is 13.0 Å². The lowest BCUT2D eigenvalue weighted by molar-refractivity contribution is -0.129. The van der Waals surface area contributed by atoms with Crippen LogP contribution in [0.15, 0.2) is 24.3 Å². The molecule has 0 bridgehead atoms. The van der Waals surface area contributed by atoms with Gasteiger partial charge in [-0.15, -0.1) is 0 Å². The van der Waals surface area contributed by atoms with Crippen molar-refractivity contribution in [3.05, 3.63) is 29.8 Å². The zero-order valence-electron chi connectivity index (χ0n) is 12.9. The zero-order valence-corrected chi connectivity index (χ0v) is 12.9. The van der Waals surface area contributed by atoms with Crippen molar-refractivity contribution < 1.29 is 14.3 Å². The van der Waals surface area contributed by atoms with Gasteiger partial charge in [0.1, 0.15) is 12.2 Å². The number of nitrogens with one attached hydrogen (secondary N) is 2. The summed E-state index contributed by atoms with van der Waals surface area (Å²) in [5.74, 6) is 0.311. The number of rotatable bonds is 8. The molecule has 1 atom stereocenters. The molecule has 0 aliphatic rings. The van der Waals surface area contributed by atoms with Crippen molar-refractivity contribution in [3.8, 4) is 5.75 Å². The molecule has 0 aliphatic carbocycles. The first-order chi connectivity index (χ1) is 10.1. The second-order valence-corrected chi connectivity index (χ2v) is 4.97. The van der Waals surface area contributed by atoms with Gasteiger partial charge in [-0.05, 0) is 31.4 Å². The summed E-state index contributed by atoms with van der Waals surface area (Å²) >= 11 is 0. The molecule has 0 saturated carbocycles. The molecule has 0 aromatic heterocycles. The Hall–Kier alpha value is -2.04. The number of hydrogen-bond donors (Lipinski definition) is 2. The molecule has 0 spiro atoms. The third-order valence-electron chi connectivity index (χ3n) is 3.25. The Labute approximate surface area is 126 Å². The lowest BCUT2D eigenvalue weighted by atomic mass is 10.1. The third kappa shape index (κ3) is 6.29. The number of carbonyl (C=O) groups excluding carboxylic acids is 2. The molecule has 21 heavy (non-hydrogen) atoms. The topological polar surface area (TPSA) is 67.4 Å². The molecule has 2 amide bonds. The van der Waals surface area contributed by atoms with E-state index in [4.69, 9.17) is 4.74 Å². The number of ether oxygens (including phenoxy) is 1. The van der Waals surface area contributed by atoms with Crippen LogP contribution in [0, 0.1) is 0 Å². The summed E-state index contributed by atoms with van der Waals surface area (Å²) in [5, 5.41) is 5.52.